The highest BCUT2D eigenvalue weighted by atomic mass is 35.5. The molecule has 3 aromatic rings. The lowest BCUT2D eigenvalue weighted by Crippen LogP contribution is -2.54. The summed E-state index contributed by atoms with van der Waals surface area (Å²) in [7, 11) is 0. The smallest absolute Gasteiger partial charge is 0.257 e. The Morgan fingerprint density at radius 1 is 1.00 bits per heavy atom. The molecule has 3 aliphatic heterocycles. The molecule has 0 spiro atoms. The second-order valence-corrected chi connectivity index (χ2v) is 9.83. The minimum Gasteiger partial charge on any atom is -0.493 e. The maximum Gasteiger partial charge on any atom is 0.257 e. The van der Waals surface area contributed by atoms with Crippen molar-refractivity contribution in [2.45, 2.75) is 24.4 Å². The Balaban J connectivity index is 1.64. The molecule has 5 nitrogen and oxygen atoms in total. The number of hydrogen-bond donors (Lipinski definition) is 1. The molecule has 33 heavy (non-hydrogen) atoms. The monoisotopic (exact) mass is 478 g/mol. The van der Waals surface area contributed by atoms with E-state index in [9.17, 15) is 9.59 Å². The first-order valence-electron chi connectivity index (χ1n) is 10.8. The van der Waals surface area contributed by atoms with Crippen molar-refractivity contribution in [3.63, 3.8) is 0 Å². The van der Waals surface area contributed by atoms with Gasteiger partial charge in [-0.15, -0.1) is 0 Å². The zero-order chi connectivity index (χ0) is 22.9. The molecule has 1 N–H and O–H groups in total. The maximum absolute atomic E-state index is 14.1. The molecule has 3 aliphatic rings. The van der Waals surface area contributed by atoms with E-state index >= 15 is 0 Å². The van der Waals surface area contributed by atoms with Crippen molar-refractivity contribution < 1.29 is 14.3 Å². The summed E-state index contributed by atoms with van der Waals surface area (Å²) in [6.07, 6.45) is 0. The van der Waals surface area contributed by atoms with Crippen molar-refractivity contribution in [1.82, 2.24) is 4.90 Å². The van der Waals surface area contributed by atoms with Crippen molar-refractivity contribution in [3.05, 3.63) is 93.5 Å². The molecule has 1 fully saturated rings. The third-order valence-electron chi connectivity index (χ3n) is 7.24. The highest BCUT2D eigenvalue weighted by molar-refractivity contribution is 6.31. The van der Waals surface area contributed by atoms with Gasteiger partial charge in [-0.1, -0.05) is 53.5 Å². The Morgan fingerprint density at radius 2 is 1.73 bits per heavy atom. The maximum atomic E-state index is 14.1. The van der Waals surface area contributed by atoms with Crippen LogP contribution < -0.4 is 10.1 Å². The molecular formula is C26H20Cl2N2O3. The molecule has 166 valence electrons. The molecule has 7 heteroatoms. The van der Waals surface area contributed by atoms with Crippen LogP contribution in [0.25, 0.3) is 0 Å². The van der Waals surface area contributed by atoms with Crippen molar-refractivity contribution in [1.29, 1.82) is 0 Å². The van der Waals surface area contributed by atoms with Crippen molar-refractivity contribution in [2.75, 3.05) is 11.9 Å². The molecule has 0 radical (unpaired) electrons. The first-order chi connectivity index (χ1) is 15.9. The minimum absolute atomic E-state index is 0.140. The summed E-state index contributed by atoms with van der Waals surface area (Å²) in [5, 5.41) is 4.00. The fraction of sp³-hybridized carbons (Fsp3) is 0.231. The van der Waals surface area contributed by atoms with E-state index in [4.69, 9.17) is 27.9 Å². The largest absolute Gasteiger partial charge is 0.493 e. The Bertz CT molecular complexity index is 1310. The number of fused-ring (bicyclic) bond motifs is 6. The highest BCUT2D eigenvalue weighted by Crippen LogP contribution is 2.60. The average Bonchev–Trinajstić information content (AvgIpc) is 3.06. The normalized spacial score (nSPS) is 27.5. The van der Waals surface area contributed by atoms with Gasteiger partial charge in [-0.25, -0.2) is 0 Å². The second kappa shape index (κ2) is 7.24. The molecule has 6 rings (SSSR count). The summed E-state index contributed by atoms with van der Waals surface area (Å²) >= 11 is 12.6. The molecule has 0 saturated carbocycles. The summed E-state index contributed by atoms with van der Waals surface area (Å²) in [6.45, 7) is 2.24. The highest BCUT2D eigenvalue weighted by Gasteiger charge is 2.65. The van der Waals surface area contributed by atoms with Gasteiger partial charge in [0.2, 0.25) is 0 Å². The van der Waals surface area contributed by atoms with E-state index in [0.717, 1.165) is 11.1 Å². The van der Waals surface area contributed by atoms with Gasteiger partial charge in [0.15, 0.2) is 0 Å². The fourth-order valence-corrected chi connectivity index (χ4v) is 6.21. The van der Waals surface area contributed by atoms with E-state index in [1.54, 1.807) is 29.2 Å². The van der Waals surface area contributed by atoms with Gasteiger partial charge in [-0.2, -0.15) is 0 Å². The average molecular weight is 479 g/mol. The van der Waals surface area contributed by atoms with Crippen LogP contribution in [0.5, 0.6) is 5.75 Å². The predicted molar refractivity (Wildman–Crippen MR) is 127 cm³/mol. The van der Waals surface area contributed by atoms with E-state index in [1.807, 2.05) is 49.4 Å². The first kappa shape index (κ1) is 20.6. The molecule has 4 atom stereocenters. The van der Waals surface area contributed by atoms with Gasteiger partial charge in [-0.3, -0.25) is 9.59 Å². The number of hydrogen-bond acceptors (Lipinski definition) is 3. The lowest BCUT2D eigenvalue weighted by molar-refractivity contribution is -0.125. The van der Waals surface area contributed by atoms with Crippen LogP contribution in [0.3, 0.4) is 0 Å². The summed E-state index contributed by atoms with van der Waals surface area (Å²) in [6, 6.07) is 19.9. The summed E-state index contributed by atoms with van der Waals surface area (Å²) in [4.78, 5) is 29.8. The predicted octanol–water partition coefficient (Wildman–Crippen LogP) is 5.69. The van der Waals surface area contributed by atoms with Crippen molar-refractivity contribution in [3.8, 4) is 5.75 Å². The van der Waals surface area contributed by atoms with Gasteiger partial charge in [0.1, 0.15) is 11.3 Å². The van der Waals surface area contributed by atoms with E-state index in [0.29, 0.717) is 33.7 Å². The number of carbonyl (C=O) groups excluding carboxylic acids is 2. The van der Waals surface area contributed by atoms with Crippen LogP contribution in [0, 0.1) is 5.92 Å². The summed E-state index contributed by atoms with van der Waals surface area (Å²) < 4.78 is 6.14. The number of rotatable bonds is 1. The Labute approximate surface area is 201 Å². The van der Waals surface area contributed by atoms with Crippen molar-refractivity contribution >= 4 is 40.7 Å². The topological polar surface area (TPSA) is 58.6 Å². The number of nitrogens with zero attached hydrogens (tertiary/aromatic N) is 1. The van der Waals surface area contributed by atoms with Gasteiger partial charge < -0.3 is 15.0 Å². The van der Waals surface area contributed by atoms with Gasteiger partial charge in [0.05, 0.1) is 23.9 Å². The number of carbonyl (C=O) groups is 2. The molecule has 1 saturated heterocycles. The summed E-state index contributed by atoms with van der Waals surface area (Å²) in [5.41, 5.74) is 1.48. The molecule has 3 aromatic carbocycles. The zero-order valence-electron chi connectivity index (χ0n) is 17.7. The zero-order valence-corrected chi connectivity index (χ0v) is 19.2. The van der Waals surface area contributed by atoms with Crippen LogP contribution in [-0.4, -0.2) is 28.9 Å². The Kier molecular flexibility index (Phi) is 4.51. The van der Waals surface area contributed by atoms with E-state index in [-0.39, 0.29) is 29.7 Å². The van der Waals surface area contributed by atoms with Crippen LogP contribution in [0.2, 0.25) is 10.0 Å². The number of nitrogens with one attached hydrogen (secondary N) is 1. The lowest BCUT2D eigenvalue weighted by Gasteiger charge is -2.38. The molecule has 0 unspecified atom stereocenters. The van der Waals surface area contributed by atoms with Gasteiger partial charge >= 0.3 is 0 Å². The minimum atomic E-state index is -1.16. The standard InChI is InChI=1S/C26H20Cl2N2O3/c1-26-22(14-5-3-2-4-6-14)19-13-33-21-10-8-16(28)12-18(21)23(19)30(26)24(31)17-11-15(27)7-9-20(17)29-25(26)32/h2-12,19,22-23H,13H2,1H3,(H,29,32)/t19-,22+,23+,26-/m1/s1. The van der Waals surface area contributed by atoms with E-state index in [1.165, 1.54) is 0 Å². The van der Waals surface area contributed by atoms with Gasteiger partial charge in [0.25, 0.3) is 11.8 Å². The first-order valence-corrected chi connectivity index (χ1v) is 11.6. The quantitative estimate of drug-likeness (QED) is 0.488. The van der Waals surface area contributed by atoms with Gasteiger partial charge in [0, 0.05) is 27.4 Å². The van der Waals surface area contributed by atoms with Crippen LogP contribution in [0.15, 0.2) is 66.7 Å². The van der Waals surface area contributed by atoms with E-state index in [2.05, 4.69) is 5.32 Å². The molecule has 0 aliphatic carbocycles. The third-order valence-corrected chi connectivity index (χ3v) is 7.71. The summed E-state index contributed by atoms with van der Waals surface area (Å²) in [5.74, 6) is -0.220. The number of benzene rings is 3. The number of ether oxygens (including phenoxy) is 1. The second-order valence-electron chi connectivity index (χ2n) is 8.96. The fourth-order valence-electron chi connectivity index (χ4n) is 5.86. The Hall–Kier alpha value is -3.02. The number of amides is 2. The van der Waals surface area contributed by atoms with Crippen LogP contribution in [-0.2, 0) is 4.79 Å². The van der Waals surface area contributed by atoms with Crippen LogP contribution >= 0.6 is 23.2 Å². The third kappa shape index (κ3) is 2.85. The van der Waals surface area contributed by atoms with Gasteiger partial charge in [-0.05, 0) is 48.9 Å². The molecule has 2 amide bonds. The lowest BCUT2D eigenvalue weighted by atomic mass is 9.73. The van der Waals surface area contributed by atoms with Crippen molar-refractivity contribution in [2.24, 2.45) is 5.92 Å². The molecular weight excluding hydrogens is 459 g/mol. The number of halogens is 2. The van der Waals surface area contributed by atoms with Crippen LogP contribution in [0.4, 0.5) is 5.69 Å². The molecule has 3 heterocycles. The van der Waals surface area contributed by atoms with Crippen LogP contribution in [0.1, 0.15) is 40.4 Å². The SMILES string of the molecule is C[C@@]12C(=O)Nc3ccc(Cl)cc3C(=O)N1[C@H]1c3cc(Cl)ccc3OC[C@@H]1[C@@H]2c1ccccc1. The van der Waals surface area contributed by atoms with E-state index < -0.39 is 5.54 Å². The molecule has 0 aromatic heterocycles. The Morgan fingerprint density at radius 3 is 2.52 bits per heavy atom. The number of anilines is 1. The molecule has 0 bridgehead atoms.